The second-order valence-electron chi connectivity index (χ2n) is 4.99. The standard InChI is InChI=1S/C14H18N4O/c1-2-7-13(8-3-1)19-11-14-15-17-18(16-14)10-9-12-5-4-6-12/h1-3,7-8,12H,4-6,9-11H2. The van der Waals surface area contributed by atoms with Gasteiger partial charge in [-0.15, -0.1) is 10.2 Å². The van der Waals surface area contributed by atoms with E-state index in [1.807, 2.05) is 30.3 Å². The van der Waals surface area contributed by atoms with Crippen molar-refractivity contribution in [2.75, 3.05) is 0 Å². The van der Waals surface area contributed by atoms with E-state index in [0.29, 0.717) is 12.4 Å². The fraction of sp³-hybridized carbons (Fsp3) is 0.500. The summed E-state index contributed by atoms with van der Waals surface area (Å²) in [6.07, 6.45) is 5.26. The quantitative estimate of drug-likeness (QED) is 0.798. The lowest BCUT2D eigenvalue weighted by Crippen LogP contribution is -2.15. The van der Waals surface area contributed by atoms with E-state index in [4.69, 9.17) is 4.74 Å². The number of hydrogen-bond donors (Lipinski definition) is 0. The molecule has 0 radical (unpaired) electrons. The molecule has 100 valence electrons. The SMILES string of the molecule is c1ccc(OCc2nnn(CCC3CCC3)n2)cc1. The van der Waals surface area contributed by atoms with E-state index >= 15 is 0 Å². The summed E-state index contributed by atoms with van der Waals surface area (Å²) in [6.45, 7) is 1.23. The third-order valence-corrected chi connectivity index (χ3v) is 3.57. The van der Waals surface area contributed by atoms with Crippen LogP contribution in [0.2, 0.25) is 0 Å². The van der Waals surface area contributed by atoms with Crippen LogP contribution in [0.4, 0.5) is 0 Å². The molecule has 5 heteroatoms. The van der Waals surface area contributed by atoms with Crippen molar-refractivity contribution in [2.24, 2.45) is 5.92 Å². The average Bonchev–Trinajstić information content (AvgIpc) is 2.84. The highest BCUT2D eigenvalue weighted by Gasteiger charge is 2.17. The predicted molar refractivity (Wildman–Crippen MR) is 70.5 cm³/mol. The van der Waals surface area contributed by atoms with Crippen molar-refractivity contribution in [3.63, 3.8) is 0 Å². The van der Waals surface area contributed by atoms with Crippen LogP contribution in [0.25, 0.3) is 0 Å². The van der Waals surface area contributed by atoms with E-state index in [9.17, 15) is 0 Å². The first-order chi connectivity index (χ1) is 9.40. The van der Waals surface area contributed by atoms with Crippen molar-refractivity contribution in [3.8, 4) is 5.75 Å². The third kappa shape index (κ3) is 3.30. The molecule has 1 aliphatic rings. The molecule has 2 aromatic rings. The molecule has 1 aliphatic carbocycles. The van der Waals surface area contributed by atoms with E-state index in [2.05, 4.69) is 15.4 Å². The highest BCUT2D eigenvalue weighted by atomic mass is 16.5. The Morgan fingerprint density at radius 2 is 2.05 bits per heavy atom. The summed E-state index contributed by atoms with van der Waals surface area (Å²) in [5, 5.41) is 12.4. The van der Waals surface area contributed by atoms with E-state index in [1.54, 1.807) is 4.80 Å². The van der Waals surface area contributed by atoms with Crippen LogP contribution in [-0.4, -0.2) is 20.2 Å². The fourth-order valence-corrected chi connectivity index (χ4v) is 2.17. The van der Waals surface area contributed by atoms with Crippen molar-refractivity contribution in [2.45, 2.75) is 38.8 Å². The third-order valence-electron chi connectivity index (χ3n) is 3.57. The summed E-state index contributed by atoms with van der Waals surface area (Å²) in [4.78, 5) is 1.68. The molecule has 0 unspecified atom stereocenters. The van der Waals surface area contributed by atoms with Crippen LogP contribution >= 0.6 is 0 Å². The van der Waals surface area contributed by atoms with Gasteiger partial charge in [0.15, 0.2) is 6.61 Å². The van der Waals surface area contributed by atoms with Crippen molar-refractivity contribution in [1.29, 1.82) is 0 Å². The van der Waals surface area contributed by atoms with E-state index in [0.717, 1.165) is 24.6 Å². The van der Waals surface area contributed by atoms with Gasteiger partial charge in [0.05, 0.1) is 6.54 Å². The monoisotopic (exact) mass is 258 g/mol. The zero-order valence-electron chi connectivity index (χ0n) is 10.9. The van der Waals surface area contributed by atoms with Gasteiger partial charge in [-0.3, -0.25) is 0 Å². The zero-order chi connectivity index (χ0) is 12.9. The molecular weight excluding hydrogens is 240 g/mol. The number of aryl methyl sites for hydroxylation is 1. The van der Waals surface area contributed by atoms with Crippen molar-refractivity contribution in [1.82, 2.24) is 20.2 Å². The predicted octanol–water partition coefficient (Wildman–Crippen LogP) is 2.44. The molecule has 1 aromatic heterocycles. The molecule has 5 nitrogen and oxygen atoms in total. The summed E-state index contributed by atoms with van der Waals surface area (Å²) in [5.74, 6) is 2.33. The summed E-state index contributed by atoms with van der Waals surface area (Å²) >= 11 is 0. The van der Waals surface area contributed by atoms with E-state index < -0.39 is 0 Å². The molecule has 19 heavy (non-hydrogen) atoms. The molecule has 1 heterocycles. The summed E-state index contributed by atoms with van der Waals surface area (Å²) in [6, 6.07) is 9.68. The molecular formula is C14H18N4O. The number of tetrazole rings is 1. The van der Waals surface area contributed by atoms with Crippen LogP contribution in [0.1, 0.15) is 31.5 Å². The molecule has 1 saturated carbocycles. The molecule has 0 amide bonds. The summed E-state index contributed by atoms with van der Waals surface area (Å²) in [5.41, 5.74) is 0. The maximum Gasteiger partial charge on any atom is 0.212 e. The lowest BCUT2D eigenvalue weighted by Gasteiger charge is -2.24. The second kappa shape index (κ2) is 5.82. The topological polar surface area (TPSA) is 52.8 Å². The second-order valence-corrected chi connectivity index (χ2v) is 4.99. The first-order valence-electron chi connectivity index (χ1n) is 6.85. The number of nitrogens with zero attached hydrogens (tertiary/aromatic N) is 4. The van der Waals surface area contributed by atoms with Gasteiger partial charge >= 0.3 is 0 Å². The van der Waals surface area contributed by atoms with E-state index in [1.165, 1.54) is 19.3 Å². The Hall–Kier alpha value is -1.91. The molecule has 0 atom stereocenters. The normalized spacial score (nSPS) is 15.2. The first kappa shape index (κ1) is 12.1. The van der Waals surface area contributed by atoms with Crippen LogP contribution in [0.3, 0.4) is 0 Å². The van der Waals surface area contributed by atoms with Gasteiger partial charge < -0.3 is 4.74 Å². The number of aromatic nitrogens is 4. The Labute approximate surface area is 112 Å². The van der Waals surface area contributed by atoms with Gasteiger partial charge in [0.25, 0.3) is 0 Å². The van der Waals surface area contributed by atoms with Crippen LogP contribution in [0.15, 0.2) is 30.3 Å². The zero-order valence-corrected chi connectivity index (χ0v) is 10.9. The van der Waals surface area contributed by atoms with Gasteiger partial charge in [0.2, 0.25) is 5.82 Å². The Kier molecular flexibility index (Phi) is 3.72. The van der Waals surface area contributed by atoms with Crippen LogP contribution in [0.5, 0.6) is 5.75 Å². The first-order valence-corrected chi connectivity index (χ1v) is 6.85. The maximum atomic E-state index is 5.58. The Morgan fingerprint density at radius 1 is 1.21 bits per heavy atom. The maximum absolute atomic E-state index is 5.58. The summed E-state index contributed by atoms with van der Waals surface area (Å²) < 4.78 is 5.58. The molecule has 0 bridgehead atoms. The van der Waals surface area contributed by atoms with Crippen LogP contribution < -0.4 is 4.74 Å². The highest BCUT2D eigenvalue weighted by Crippen LogP contribution is 2.29. The van der Waals surface area contributed by atoms with Gasteiger partial charge in [-0.2, -0.15) is 4.80 Å². The minimum atomic E-state index is 0.368. The van der Waals surface area contributed by atoms with Gasteiger partial charge in [-0.1, -0.05) is 37.5 Å². The average molecular weight is 258 g/mol. The Balaban J connectivity index is 1.47. The molecule has 3 rings (SSSR count). The van der Waals surface area contributed by atoms with Gasteiger partial charge in [0.1, 0.15) is 5.75 Å². The van der Waals surface area contributed by atoms with Crippen LogP contribution in [0, 0.1) is 5.92 Å². The van der Waals surface area contributed by atoms with Gasteiger partial charge in [-0.25, -0.2) is 0 Å². The van der Waals surface area contributed by atoms with Crippen LogP contribution in [-0.2, 0) is 13.2 Å². The van der Waals surface area contributed by atoms with E-state index in [-0.39, 0.29) is 0 Å². The minimum Gasteiger partial charge on any atom is -0.485 e. The van der Waals surface area contributed by atoms with Crippen molar-refractivity contribution >= 4 is 0 Å². The molecule has 0 spiro atoms. The number of hydrogen-bond acceptors (Lipinski definition) is 4. The molecule has 0 aliphatic heterocycles. The van der Waals surface area contributed by atoms with Gasteiger partial charge in [0, 0.05) is 0 Å². The number of para-hydroxylation sites is 1. The lowest BCUT2D eigenvalue weighted by molar-refractivity contribution is 0.269. The van der Waals surface area contributed by atoms with Crippen molar-refractivity contribution < 1.29 is 4.74 Å². The molecule has 0 N–H and O–H groups in total. The lowest BCUT2D eigenvalue weighted by atomic mass is 9.83. The number of rotatable bonds is 6. The smallest absolute Gasteiger partial charge is 0.212 e. The number of benzene rings is 1. The Bertz CT molecular complexity index is 507. The molecule has 0 saturated heterocycles. The fourth-order valence-electron chi connectivity index (χ4n) is 2.17. The van der Waals surface area contributed by atoms with Crippen molar-refractivity contribution in [3.05, 3.63) is 36.2 Å². The molecule has 1 aromatic carbocycles. The molecule has 1 fully saturated rings. The minimum absolute atomic E-state index is 0.368. The highest BCUT2D eigenvalue weighted by molar-refractivity contribution is 5.20. The Morgan fingerprint density at radius 3 is 2.79 bits per heavy atom. The largest absolute Gasteiger partial charge is 0.485 e. The number of ether oxygens (including phenoxy) is 1. The summed E-state index contributed by atoms with van der Waals surface area (Å²) in [7, 11) is 0. The van der Waals surface area contributed by atoms with Gasteiger partial charge in [-0.05, 0) is 29.7 Å².